The van der Waals surface area contributed by atoms with Gasteiger partial charge in [0.15, 0.2) is 5.16 Å². The van der Waals surface area contributed by atoms with Crippen LogP contribution in [-0.4, -0.2) is 27.5 Å². The highest BCUT2D eigenvalue weighted by Gasteiger charge is 2.28. The lowest BCUT2D eigenvalue weighted by molar-refractivity contribution is -0.113. The first-order chi connectivity index (χ1) is 13.2. The Balaban J connectivity index is 1.56. The van der Waals surface area contributed by atoms with E-state index in [1.165, 1.54) is 11.8 Å². The maximum atomic E-state index is 12.9. The molecular weight excluding hydrogens is 378 g/mol. The molecule has 5 nitrogen and oxygen atoms in total. The number of anilines is 1. The summed E-state index contributed by atoms with van der Waals surface area (Å²) in [5.41, 5.74) is 1.47. The van der Waals surface area contributed by atoms with Crippen molar-refractivity contribution in [3.63, 3.8) is 0 Å². The summed E-state index contributed by atoms with van der Waals surface area (Å²) in [4.78, 5) is 31.0. The minimum Gasteiger partial charge on any atom is -0.324 e. The van der Waals surface area contributed by atoms with E-state index in [9.17, 15) is 9.59 Å². The SMILES string of the molecule is CSc1ccccc1NC(=O)CSc1nc2ccccc2c(=O)n1C1CC1. The summed E-state index contributed by atoms with van der Waals surface area (Å²) in [5, 5.41) is 4.20. The third kappa shape index (κ3) is 3.89. The third-order valence-corrected chi connectivity index (χ3v) is 6.15. The van der Waals surface area contributed by atoms with Gasteiger partial charge in [-0.1, -0.05) is 36.0 Å². The van der Waals surface area contributed by atoms with Crippen molar-refractivity contribution in [1.82, 2.24) is 9.55 Å². The predicted molar refractivity (Wildman–Crippen MR) is 112 cm³/mol. The molecule has 1 N–H and O–H groups in total. The lowest BCUT2D eigenvalue weighted by atomic mass is 10.2. The Bertz CT molecular complexity index is 1060. The van der Waals surface area contributed by atoms with E-state index in [1.54, 1.807) is 16.3 Å². The number of amides is 1. The lowest BCUT2D eigenvalue weighted by Gasteiger charge is -2.13. The Morgan fingerprint density at radius 2 is 1.93 bits per heavy atom. The molecule has 0 unspecified atom stereocenters. The molecule has 138 valence electrons. The first kappa shape index (κ1) is 18.1. The van der Waals surface area contributed by atoms with Crippen LogP contribution in [0.5, 0.6) is 0 Å². The molecule has 0 saturated heterocycles. The molecule has 2 aromatic carbocycles. The molecule has 0 atom stereocenters. The van der Waals surface area contributed by atoms with E-state index in [4.69, 9.17) is 0 Å². The molecule has 7 heteroatoms. The minimum absolute atomic E-state index is 0.0151. The van der Waals surface area contributed by atoms with Crippen LogP contribution in [0, 0.1) is 0 Å². The van der Waals surface area contributed by atoms with Crippen LogP contribution in [0.1, 0.15) is 18.9 Å². The highest BCUT2D eigenvalue weighted by atomic mass is 32.2. The van der Waals surface area contributed by atoms with Gasteiger partial charge in [-0.2, -0.15) is 0 Å². The first-order valence-electron chi connectivity index (χ1n) is 8.74. The summed E-state index contributed by atoms with van der Waals surface area (Å²) < 4.78 is 1.76. The van der Waals surface area contributed by atoms with Crippen LogP contribution in [-0.2, 0) is 4.79 Å². The third-order valence-electron chi connectivity index (χ3n) is 4.40. The average Bonchev–Trinajstić information content (AvgIpc) is 3.52. The molecule has 1 heterocycles. The Morgan fingerprint density at radius 3 is 2.70 bits per heavy atom. The van der Waals surface area contributed by atoms with Gasteiger partial charge in [0.2, 0.25) is 5.91 Å². The van der Waals surface area contributed by atoms with Gasteiger partial charge in [0.05, 0.1) is 22.3 Å². The van der Waals surface area contributed by atoms with Crippen molar-refractivity contribution >= 4 is 46.0 Å². The number of hydrogen-bond acceptors (Lipinski definition) is 5. The van der Waals surface area contributed by atoms with E-state index in [-0.39, 0.29) is 23.3 Å². The van der Waals surface area contributed by atoms with E-state index < -0.39 is 0 Å². The second kappa shape index (κ2) is 7.78. The van der Waals surface area contributed by atoms with Crippen LogP contribution in [0.2, 0.25) is 0 Å². The van der Waals surface area contributed by atoms with E-state index in [0.717, 1.165) is 23.4 Å². The Hall–Kier alpha value is -2.25. The molecule has 1 amide bonds. The van der Waals surface area contributed by atoms with Gasteiger partial charge in [-0.25, -0.2) is 4.98 Å². The largest absolute Gasteiger partial charge is 0.324 e. The lowest BCUT2D eigenvalue weighted by Crippen LogP contribution is -2.23. The fraction of sp³-hybridized carbons (Fsp3) is 0.250. The number of hydrogen-bond donors (Lipinski definition) is 1. The zero-order valence-electron chi connectivity index (χ0n) is 14.8. The molecule has 1 aromatic heterocycles. The van der Waals surface area contributed by atoms with Crippen molar-refractivity contribution < 1.29 is 4.79 Å². The molecule has 0 spiro atoms. The number of aromatic nitrogens is 2. The van der Waals surface area contributed by atoms with Crippen LogP contribution in [0.4, 0.5) is 5.69 Å². The van der Waals surface area contributed by atoms with Gasteiger partial charge in [0.1, 0.15) is 0 Å². The molecule has 27 heavy (non-hydrogen) atoms. The van der Waals surface area contributed by atoms with E-state index in [1.807, 2.05) is 54.8 Å². The van der Waals surface area contributed by atoms with Crippen molar-refractivity contribution in [2.24, 2.45) is 0 Å². The standard InChI is InChI=1S/C20H19N3O2S2/c1-26-17-9-5-4-8-16(17)21-18(24)12-27-20-22-15-7-3-2-6-14(15)19(25)23(20)13-10-11-13/h2-9,13H,10-12H2,1H3,(H,21,24). The van der Waals surface area contributed by atoms with Crippen molar-refractivity contribution in [3.8, 4) is 0 Å². The number of rotatable bonds is 6. The molecule has 1 aliphatic carbocycles. The summed E-state index contributed by atoms with van der Waals surface area (Å²) >= 11 is 2.91. The van der Waals surface area contributed by atoms with Gasteiger partial charge < -0.3 is 5.32 Å². The molecule has 4 rings (SSSR count). The molecule has 0 bridgehead atoms. The summed E-state index contributed by atoms with van der Waals surface area (Å²) in [5.74, 6) is 0.103. The predicted octanol–water partition coefficient (Wildman–Crippen LogP) is 4.18. The van der Waals surface area contributed by atoms with Gasteiger partial charge in [0, 0.05) is 10.9 Å². The number of para-hydroxylation sites is 2. The Labute approximate surface area is 165 Å². The molecule has 1 aliphatic rings. The number of thioether (sulfide) groups is 2. The van der Waals surface area contributed by atoms with Crippen molar-refractivity contribution in [3.05, 3.63) is 58.9 Å². The van der Waals surface area contributed by atoms with Gasteiger partial charge in [-0.05, 0) is 43.4 Å². The van der Waals surface area contributed by atoms with Crippen molar-refractivity contribution in [2.75, 3.05) is 17.3 Å². The second-order valence-electron chi connectivity index (χ2n) is 6.35. The highest BCUT2D eigenvalue weighted by molar-refractivity contribution is 7.99. The maximum Gasteiger partial charge on any atom is 0.262 e. The Morgan fingerprint density at radius 1 is 1.19 bits per heavy atom. The number of carbonyl (C=O) groups excluding carboxylic acids is 1. The summed E-state index contributed by atoms with van der Waals surface area (Å²) in [6.07, 6.45) is 3.95. The van der Waals surface area contributed by atoms with E-state index >= 15 is 0 Å². The summed E-state index contributed by atoms with van der Waals surface area (Å²) in [6, 6.07) is 15.3. The molecule has 3 aromatic rings. The molecule has 0 radical (unpaired) electrons. The van der Waals surface area contributed by atoms with Gasteiger partial charge in [0.25, 0.3) is 5.56 Å². The van der Waals surface area contributed by atoms with Crippen LogP contribution in [0.15, 0.2) is 63.4 Å². The minimum atomic E-state index is -0.105. The summed E-state index contributed by atoms with van der Waals surface area (Å²) in [7, 11) is 0. The molecular formula is C20H19N3O2S2. The van der Waals surface area contributed by atoms with Crippen LogP contribution < -0.4 is 10.9 Å². The molecule has 1 fully saturated rings. The topological polar surface area (TPSA) is 64.0 Å². The average molecular weight is 398 g/mol. The van der Waals surface area contributed by atoms with E-state index in [2.05, 4.69) is 10.3 Å². The number of nitrogens with one attached hydrogen (secondary N) is 1. The normalized spacial score (nSPS) is 13.7. The number of carbonyl (C=O) groups is 1. The van der Waals surface area contributed by atoms with Crippen LogP contribution in [0.25, 0.3) is 10.9 Å². The maximum absolute atomic E-state index is 12.9. The highest BCUT2D eigenvalue weighted by Crippen LogP contribution is 2.36. The fourth-order valence-electron chi connectivity index (χ4n) is 2.95. The monoisotopic (exact) mass is 397 g/mol. The molecule has 1 saturated carbocycles. The fourth-order valence-corrected chi connectivity index (χ4v) is 4.37. The number of benzene rings is 2. The van der Waals surface area contributed by atoms with E-state index in [0.29, 0.717) is 16.1 Å². The zero-order valence-corrected chi connectivity index (χ0v) is 16.5. The first-order valence-corrected chi connectivity index (χ1v) is 11.0. The zero-order chi connectivity index (χ0) is 18.8. The quantitative estimate of drug-likeness (QED) is 0.499. The van der Waals surface area contributed by atoms with Gasteiger partial charge >= 0.3 is 0 Å². The van der Waals surface area contributed by atoms with Crippen LogP contribution in [0.3, 0.4) is 0 Å². The van der Waals surface area contributed by atoms with Crippen molar-refractivity contribution in [1.29, 1.82) is 0 Å². The Kier molecular flexibility index (Phi) is 5.22. The smallest absolute Gasteiger partial charge is 0.262 e. The van der Waals surface area contributed by atoms with Crippen molar-refractivity contribution in [2.45, 2.75) is 28.9 Å². The second-order valence-corrected chi connectivity index (χ2v) is 8.15. The molecule has 0 aliphatic heterocycles. The number of fused-ring (bicyclic) bond motifs is 1. The van der Waals surface area contributed by atoms with Crippen LogP contribution >= 0.6 is 23.5 Å². The van der Waals surface area contributed by atoms with Gasteiger partial charge in [-0.3, -0.25) is 14.2 Å². The summed E-state index contributed by atoms with van der Waals surface area (Å²) in [6.45, 7) is 0. The van der Waals surface area contributed by atoms with Gasteiger partial charge in [-0.15, -0.1) is 11.8 Å². The number of nitrogens with zero attached hydrogens (tertiary/aromatic N) is 2.